The number of aromatic nitrogens is 2. The van der Waals surface area contributed by atoms with Gasteiger partial charge in [-0.1, -0.05) is 0 Å². The van der Waals surface area contributed by atoms with Crippen LogP contribution in [0.3, 0.4) is 0 Å². The van der Waals surface area contributed by atoms with E-state index >= 15 is 0 Å². The van der Waals surface area contributed by atoms with E-state index in [-0.39, 0.29) is 0 Å². The molecule has 0 amide bonds. The van der Waals surface area contributed by atoms with E-state index in [0.717, 1.165) is 10.2 Å². The van der Waals surface area contributed by atoms with Gasteiger partial charge >= 0.3 is 0 Å². The number of halogens is 1. The summed E-state index contributed by atoms with van der Waals surface area (Å²) in [6.45, 7) is 2.04. The number of hydrogen-bond donors (Lipinski definition) is 0. The van der Waals surface area contributed by atoms with Crippen molar-refractivity contribution in [3.8, 4) is 0 Å². The van der Waals surface area contributed by atoms with Crippen LogP contribution in [-0.2, 0) is 0 Å². The molecule has 0 fully saturated rings. The third-order valence-corrected chi connectivity index (χ3v) is 2.52. The summed E-state index contributed by atoms with van der Waals surface area (Å²) in [5.41, 5.74) is 0.938. The molecule has 0 aliphatic carbocycles. The van der Waals surface area contributed by atoms with Gasteiger partial charge in [0.15, 0.2) is 0 Å². The maximum Gasteiger partial charge on any atom is 0.222 e. The number of aryl methyl sites for hydroxylation is 1. The van der Waals surface area contributed by atoms with E-state index in [4.69, 9.17) is 11.6 Å². The van der Waals surface area contributed by atoms with Crippen molar-refractivity contribution in [2.45, 2.75) is 6.92 Å². The second kappa shape index (κ2) is 2.43. The van der Waals surface area contributed by atoms with Crippen molar-refractivity contribution in [1.29, 1.82) is 0 Å². The maximum absolute atomic E-state index is 5.61. The lowest BCUT2D eigenvalue weighted by Crippen LogP contribution is -1.77. The van der Waals surface area contributed by atoms with Crippen molar-refractivity contribution < 1.29 is 0 Å². The van der Waals surface area contributed by atoms with Gasteiger partial charge in [-0.15, -0.1) is 11.3 Å². The van der Waals surface area contributed by atoms with Crippen molar-refractivity contribution in [3.63, 3.8) is 0 Å². The van der Waals surface area contributed by atoms with Gasteiger partial charge in [0.1, 0.15) is 0 Å². The average Bonchev–Trinajstić information content (AvgIpc) is 2.27. The SMILES string of the molecule is Cc1cc2nc(Cl)ncc2s1. The molecule has 0 aliphatic heterocycles. The molecule has 0 saturated heterocycles. The molecule has 2 nitrogen and oxygen atoms in total. The summed E-state index contributed by atoms with van der Waals surface area (Å²) in [5.74, 6) is 0. The number of fused-ring (bicyclic) bond motifs is 1. The van der Waals surface area contributed by atoms with Gasteiger partial charge in [-0.3, -0.25) is 0 Å². The molecule has 4 heteroatoms. The van der Waals surface area contributed by atoms with Crippen LogP contribution in [0.25, 0.3) is 10.2 Å². The van der Waals surface area contributed by atoms with Crippen LogP contribution in [0.1, 0.15) is 4.88 Å². The Morgan fingerprint density at radius 2 is 2.36 bits per heavy atom. The van der Waals surface area contributed by atoms with Crippen molar-refractivity contribution in [2.75, 3.05) is 0 Å². The Morgan fingerprint density at radius 3 is 3.18 bits per heavy atom. The Kier molecular flexibility index (Phi) is 1.55. The first-order chi connectivity index (χ1) is 5.25. The van der Waals surface area contributed by atoms with E-state index in [1.165, 1.54) is 4.88 Å². The Balaban J connectivity index is 2.82. The molecule has 2 rings (SSSR count). The van der Waals surface area contributed by atoms with E-state index in [1.807, 2.05) is 13.0 Å². The maximum atomic E-state index is 5.61. The van der Waals surface area contributed by atoms with E-state index in [9.17, 15) is 0 Å². The summed E-state index contributed by atoms with van der Waals surface area (Å²) in [4.78, 5) is 9.18. The normalized spacial score (nSPS) is 10.7. The van der Waals surface area contributed by atoms with Crippen molar-refractivity contribution in [2.24, 2.45) is 0 Å². The fourth-order valence-electron chi connectivity index (χ4n) is 0.939. The molecule has 56 valence electrons. The van der Waals surface area contributed by atoms with Gasteiger partial charge < -0.3 is 0 Å². The average molecular weight is 185 g/mol. The van der Waals surface area contributed by atoms with Gasteiger partial charge in [0.2, 0.25) is 5.28 Å². The highest BCUT2D eigenvalue weighted by molar-refractivity contribution is 7.18. The molecular weight excluding hydrogens is 180 g/mol. The van der Waals surface area contributed by atoms with Crippen LogP contribution >= 0.6 is 22.9 Å². The Labute approximate surface area is 72.9 Å². The van der Waals surface area contributed by atoms with Crippen LogP contribution in [-0.4, -0.2) is 9.97 Å². The Bertz CT molecular complexity index is 396. The highest BCUT2D eigenvalue weighted by Gasteiger charge is 1.99. The Morgan fingerprint density at radius 1 is 1.55 bits per heavy atom. The lowest BCUT2D eigenvalue weighted by molar-refractivity contribution is 1.23. The fourth-order valence-corrected chi connectivity index (χ4v) is 1.91. The molecule has 0 spiro atoms. The summed E-state index contributed by atoms with van der Waals surface area (Å²) in [6, 6.07) is 2.01. The molecule has 0 radical (unpaired) electrons. The molecule has 0 N–H and O–H groups in total. The second-order valence-corrected chi connectivity index (χ2v) is 3.87. The van der Waals surface area contributed by atoms with Gasteiger partial charge in [0, 0.05) is 11.1 Å². The monoisotopic (exact) mass is 184 g/mol. The minimum Gasteiger partial charge on any atom is -0.225 e. The van der Waals surface area contributed by atoms with Crippen LogP contribution in [0.4, 0.5) is 0 Å². The summed E-state index contributed by atoms with van der Waals surface area (Å²) in [5, 5.41) is 0.315. The molecule has 2 aromatic heterocycles. The van der Waals surface area contributed by atoms with E-state index in [1.54, 1.807) is 17.5 Å². The van der Waals surface area contributed by atoms with Crippen LogP contribution in [0.2, 0.25) is 5.28 Å². The number of hydrogen-bond acceptors (Lipinski definition) is 3. The molecule has 11 heavy (non-hydrogen) atoms. The smallest absolute Gasteiger partial charge is 0.222 e. The van der Waals surface area contributed by atoms with Crippen LogP contribution in [0.5, 0.6) is 0 Å². The lowest BCUT2D eigenvalue weighted by atomic mass is 10.4. The van der Waals surface area contributed by atoms with Crippen molar-refractivity contribution in [3.05, 3.63) is 22.4 Å². The topological polar surface area (TPSA) is 25.8 Å². The quantitative estimate of drug-likeness (QED) is 0.589. The number of nitrogens with zero attached hydrogens (tertiary/aromatic N) is 2. The molecule has 0 saturated carbocycles. The zero-order chi connectivity index (χ0) is 7.84. The van der Waals surface area contributed by atoms with Crippen molar-refractivity contribution >= 4 is 33.2 Å². The highest BCUT2D eigenvalue weighted by Crippen LogP contribution is 2.22. The van der Waals surface area contributed by atoms with Crippen LogP contribution in [0, 0.1) is 6.92 Å². The fraction of sp³-hybridized carbons (Fsp3) is 0.143. The molecule has 2 aromatic rings. The molecule has 2 heterocycles. The number of thiophene rings is 1. The zero-order valence-corrected chi connectivity index (χ0v) is 7.41. The third-order valence-electron chi connectivity index (χ3n) is 1.36. The van der Waals surface area contributed by atoms with Gasteiger partial charge in [0.05, 0.1) is 10.2 Å². The Hall–Kier alpha value is -0.670. The largest absolute Gasteiger partial charge is 0.225 e. The predicted molar refractivity (Wildman–Crippen MR) is 47.2 cm³/mol. The third kappa shape index (κ3) is 1.21. The van der Waals surface area contributed by atoms with E-state index in [0.29, 0.717) is 5.28 Å². The van der Waals surface area contributed by atoms with Crippen LogP contribution < -0.4 is 0 Å². The second-order valence-electron chi connectivity index (χ2n) is 2.25. The molecule has 0 atom stereocenters. The molecule has 0 bridgehead atoms. The zero-order valence-electron chi connectivity index (χ0n) is 5.84. The van der Waals surface area contributed by atoms with Gasteiger partial charge in [-0.25, -0.2) is 9.97 Å². The van der Waals surface area contributed by atoms with Crippen molar-refractivity contribution in [1.82, 2.24) is 9.97 Å². The van der Waals surface area contributed by atoms with Crippen LogP contribution in [0.15, 0.2) is 12.3 Å². The minimum atomic E-state index is 0.315. The molecular formula is C7H5ClN2S. The molecule has 0 unspecified atom stereocenters. The van der Waals surface area contributed by atoms with E-state index in [2.05, 4.69) is 9.97 Å². The minimum absolute atomic E-state index is 0.315. The summed E-state index contributed by atoms with van der Waals surface area (Å²) < 4.78 is 1.09. The molecule has 0 aromatic carbocycles. The molecule has 0 aliphatic rings. The highest BCUT2D eigenvalue weighted by atomic mass is 35.5. The summed E-state index contributed by atoms with van der Waals surface area (Å²) in [7, 11) is 0. The predicted octanol–water partition coefficient (Wildman–Crippen LogP) is 2.65. The summed E-state index contributed by atoms with van der Waals surface area (Å²) in [6.07, 6.45) is 1.75. The lowest BCUT2D eigenvalue weighted by Gasteiger charge is -1.86. The standard InChI is InChI=1S/C7H5ClN2S/c1-4-2-5-6(11-4)3-9-7(8)10-5/h2-3H,1H3. The first kappa shape index (κ1) is 7.00. The van der Waals surface area contributed by atoms with Gasteiger partial charge in [-0.2, -0.15) is 0 Å². The first-order valence-corrected chi connectivity index (χ1v) is 4.34. The first-order valence-electron chi connectivity index (χ1n) is 3.14. The van der Waals surface area contributed by atoms with E-state index < -0.39 is 0 Å². The van der Waals surface area contributed by atoms with Gasteiger partial charge in [0.25, 0.3) is 0 Å². The number of rotatable bonds is 0. The van der Waals surface area contributed by atoms with Gasteiger partial charge in [-0.05, 0) is 24.6 Å². The summed E-state index contributed by atoms with van der Waals surface area (Å²) >= 11 is 7.29.